The Kier molecular flexibility index (Phi) is 4.69. The van der Waals surface area contributed by atoms with Crippen LogP contribution in [0.15, 0.2) is 53.1 Å². The zero-order chi connectivity index (χ0) is 20.8. The molecule has 0 fully saturated rings. The van der Waals surface area contributed by atoms with Crippen molar-refractivity contribution >= 4 is 37.6 Å². The SMILES string of the molecule is CCC(CC)(c1ccc2cc(C)oc2c1)c1c[nH]c2c(NS(C)(=O)=O)cccc12. The van der Waals surface area contributed by atoms with Crippen molar-refractivity contribution in [2.75, 3.05) is 11.0 Å². The number of fused-ring (bicyclic) bond motifs is 2. The van der Waals surface area contributed by atoms with Crippen LogP contribution in [0.4, 0.5) is 5.69 Å². The van der Waals surface area contributed by atoms with Crippen molar-refractivity contribution in [3.8, 4) is 0 Å². The predicted molar refractivity (Wildman–Crippen MR) is 119 cm³/mol. The highest BCUT2D eigenvalue weighted by atomic mass is 32.2. The van der Waals surface area contributed by atoms with Gasteiger partial charge >= 0.3 is 0 Å². The zero-order valence-corrected chi connectivity index (χ0v) is 18.0. The van der Waals surface area contributed by atoms with Crippen molar-refractivity contribution in [1.82, 2.24) is 4.98 Å². The Morgan fingerprint density at radius 3 is 2.55 bits per heavy atom. The molecule has 0 amide bonds. The third-order valence-corrected chi connectivity index (χ3v) is 6.52. The highest BCUT2D eigenvalue weighted by Gasteiger charge is 2.33. The molecular formula is C23H26N2O3S. The van der Waals surface area contributed by atoms with Crippen LogP contribution < -0.4 is 4.72 Å². The van der Waals surface area contributed by atoms with Gasteiger partial charge in [0.15, 0.2) is 0 Å². The number of aromatic amines is 1. The normalized spacial score (nSPS) is 12.7. The summed E-state index contributed by atoms with van der Waals surface area (Å²) in [6.45, 7) is 6.35. The summed E-state index contributed by atoms with van der Waals surface area (Å²) in [6, 6.07) is 14.2. The number of sulfonamides is 1. The van der Waals surface area contributed by atoms with Crippen LogP contribution in [0.1, 0.15) is 43.6 Å². The molecule has 4 rings (SSSR count). The van der Waals surface area contributed by atoms with Gasteiger partial charge in [-0.05, 0) is 49.1 Å². The van der Waals surface area contributed by atoms with Crippen molar-refractivity contribution in [2.45, 2.75) is 39.0 Å². The zero-order valence-electron chi connectivity index (χ0n) is 17.2. The monoisotopic (exact) mass is 410 g/mol. The van der Waals surface area contributed by atoms with Crippen molar-refractivity contribution < 1.29 is 12.8 Å². The Balaban J connectivity index is 1.92. The summed E-state index contributed by atoms with van der Waals surface area (Å²) in [7, 11) is -3.36. The van der Waals surface area contributed by atoms with Crippen molar-refractivity contribution in [3.05, 3.63) is 65.5 Å². The minimum Gasteiger partial charge on any atom is -0.461 e. The number of rotatable bonds is 6. The Morgan fingerprint density at radius 1 is 1.10 bits per heavy atom. The fraction of sp³-hybridized carbons (Fsp3) is 0.304. The summed E-state index contributed by atoms with van der Waals surface area (Å²) in [6.07, 6.45) is 5.00. The summed E-state index contributed by atoms with van der Waals surface area (Å²) in [5.74, 6) is 0.902. The number of benzene rings is 2. The first-order chi connectivity index (χ1) is 13.8. The van der Waals surface area contributed by atoms with E-state index in [-0.39, 0.29) is 5.41 Å². The first-order valence-electron chi connectivity index (χ1n) is 9.86. The predicted octanol–water partition coefficient (Wildman–Crippen LogP) is 5.70. The first kappa shape index (κ1) is 19.6. The molecule has 0 saturated heterocycles. The standard InChI is InChI=1S/C23H26N2O3S/c1-5-23(6-2,17-11-10-16-12-15(3)28-21(16)13-17)19-14-24-22-18(19)8-7-9-20(22)25-29(4,26)27/h7-14,24-25H,5-6H2,1-4H3. The van der Waals surface area contributed by atoms with Crippen LogP contribution in [-0.2, 0) is 15.4 Å². The maximum Gasteiger partial charge on any atom is 0.229 e. The summed E-state index contributed by atoms with van der Waals surface area (Å²) in [5, 5.41) is 2.13. The van der Waals surface area contributed by atoms with Gasteiger partial charge in [0.1, 0.15) is 11.3 Å². The van der Waals surface area contributed by atoms with Crippen molar-refractivity contribution in [2.24, 2.45) is 0 Å². The van der Waals surface area contributed by atoms with Crippen LogP contribution in [0.3, 0.4) is 0 Å². The van der Waals surface area contributed by atoms with E-state index in [1.165, 1.54) is 11.8 Å². The molecule has 0 unspecified atom stereocenters. The lowest BCUT2D eigenvalue weighted by molar-refractivity contribution is 0.481. The number of hydrogen-bond acceptors (Lipinski definition) is 3. The van der Waals surface area contributed by atoms with Gasteiger partial charge in [0.05, 0.1) is 17.5 Å². The van der Waals surface area contributed by atoms with Crippen molar-refractivity contribution in [3.63, 3.8) is 0 Å². The second-order valence-electron chi connectivity index (χ2n) is 7.70. The highest BCUT2D eigenvalue weighted by Crippen LogP contribution is 2.44. The molecule has 0 atom stereocenters. The summed E-state index contributed by atoms with van der Waals surface area (Å²) in [4.78, 5) is 3.31. The Hall–Kier alpha value is -2.73. The lowest BCUT2D eigenvalue weighted by Gasteiger charge is -2.32. The first-order valence-corrected chi connectivity index (χ1v) is 11.8. The van der Waals surface area contributed by atoms with E-state index in [0.29, 0.717) is 5.69 Å². The van der Waals surface area contributed by atoms with E-state index in [0.717, 1.165) is 46.0 Å². The van der Waals surface area contributed by atoms with Crippen LogP contribution in [0, 0.1) is 6.92 Å². The number of nitrogens with one attached hydrogen (secondary N) is 2. The van der Waals surface area contributed by atoms with E-state index in [9.17, 15) is 8.42 Å². The number of furan rings is 1. The molecule has 0 radical (unpaired) electrons. The Morgan fingerprint density at radius 2 is 1.86 bits per heavy atom. The van der Waals surface area contributed by atoms with Gasteiger partial charge < -0.3 is 9.40 Å². The molecule has 0 aliphatic heterocycles. The number of para-hydroxylation sites is 1. The van der Waals surface area contributed by atoms with Gasteiger partial charge in [0.2, 0.25) is 10.0 Å². The van der Waals surface area contributed by atoms with E-state index >= 15 is 0 Å². The molecule has 5 nitrogen and oxygen atoms in total. The molecule has 2 aromatic heterocycles. The highest BCUT2D eigenvalue weighted by molar-refractivity contribution is 7.92. The fourth-order valence-electron chi connectivity index (χ4n) is 4.49. The number of aromatic nitrogens is 1. The van der Waals surface area contributed by atoms with Gasteiger partial charge in [-0.1, -0.05) is 38.1 Å². The van der Waals surface area contributed by atoms with E-state index in [4.69, 9.17) is 4.42 Å². The van der Waals surface area contributed by atoms with Gasteiger partial charge in [-0.3, -0.25) is 4.72 Å². The van der Waals surface area contributed by atoms with Gasteiger partial charge in [0, 0.05) is 22.4 Å². The van der Waals surface area contributed by atoms with Crippen LogP contribution in [0.5, 0.6) is 0 Å². The molecule has 4 aromatic rings. The lowest BCUT2D eigenvalue weighted by atomic mass is 9.70. The largest absolute Gasteiger partial charge is 0.461 e. The van der Waals surface area contributed by atoms with Crippen LogP contribution in [0.25, 0.3) is 21.9 Å². The number of hydrogen-bond donors (Lipinski definition) is 2. The molecule has 152 valence electrons. The average molecular weight is 411 g/mol. The minimum absolute atomic E-state index is 0.211. The second kappa shape index (κ2) is 6.95. The van der Waals surface area contributed by atoms with Crippen LogP contribution >= 0.6 is 0 Å². The fourth-order valence-corrected chi connectivity index (χ4v) is 5.06. The maximum absolute atomic E-state index is 11.8. The summed E-state index contributed by atoms with van der Waals surface area (Å²) >= 11 is 0. The molecule has 29 heavy (non-hydrogen) atoms. The molecule has 2 aromatic carbocycles. The van der Waals surface area contributed by atoms with Gasteiger partial charge in [-0.25, -0.2) is 8.42 Å². The molecule has 0 spiro atoms. The maximum atomic E-state index is 11.8. The lowest BCUT2D eigenvalue weighted by Crippen LogP contribution is -2.25. The van der Waals surface area contributed by atoms with E-state index < -0.39 is 10.0 Å². The summed E-state index contributed by atoms with van der Waals surface area (Å²) in [5.41, 5.74) is 4.41. The van der Waals surface area contributed by atoms with E-state index in [2.05, 4.69) is 41.8 Å². The number of aryl methyl sites for hydroxylation is 1. The molecule has 0 aliphatic rings. The van der Waals surface area contributed by atoms with E-state index in [1.807, 2.05) is 31.3 Å². The quantitative estimate of drug-likeness (QED) is 0.428. The van der Waals surface area contributed by atoms with Crippen molar-refractivity contribution in [1.29, 1.82) is 0 Å². The number of anilines is 1. The van der Waals surface area contributed by atoms with Crippen LogP contribution in [-0.4, -0.2) is 19.7 Å². The number of H-pyrrole nitrogens is 1. The topological polar surface area (TPSA) is 75.1 Å². The molecule has 0 aliphatic carbocycles. The van der Waals surface area contributed by atoms with Gasteiger partial charge in [0.25, 0.3) is 0 Å². The van der Waals surface area contributed by atoms with E-state index in [1.54, 1.807) is 6.07 Å². The molecule has 2 heterocycles. The average Bonchev–Trinajstić information content (AvgIpc) is 3.26. The second-order valence-corrected chi connectivity index (χ2v) is 9.45. The van der Waals surface area contributed by atoms with Gasteiger partial charge in [-0.15, -0.1) is 0 Å². The molecule has 2 N–H and O–H groups in total. The third-order valence-electron chi connectivity index (χ3n) is 5.93. The minimum atomic E-state index is -3.36. The smallest absolute Gasteiger partial charge is 0.229 e. The van der Waals surface area contributed by atoms with Crippen LogP contribution in [0.2, 0.25) is 0 Å². The molecule has 0 bridgehead atoms. The molecule has 0 saturated carbocycles. The third kappa shape index (κ3) is 3.31. The molecular weight excluding hydrogens is 384 g/mol. The molecule has 6 heteroatoms. The Bertz CT molecular complexity index is 1290. The Labute approximate surface area is 171 Å². The van der Waals surface area contributed by atoms with Gasteiger partial charge in [-0.2, -0.15) is 0 Å². The summed E-state index contributed by atoms with van der Waals surface area (Å²) < 4.78 is 32.1.